The first-order valence-corrected chi connectivity index (χ1v) is 16.3. The molecule has 1 N–H and O–H groups in total. The van der Waals surface area contributed by atoms with Gasteiger partial charge in [0.2, 0.25) is 0 Å². The zero-order valence-corrected chi connectivity index (χ0v) is 26.8. The number of nitrogens with zero attached hydrogens (tertiary/aromatic N) is 3. The van der Waals surface area contributed by atoms with E-state index in [1.54, 1.807) is 29.2 Å². The van der Waals surface area contributed by atoms with Gasteiger partial charge in [-0.25, -0.2) is 0 Å². The Labute approximate surface area is 266 Å². The van der Waals surface area contributed by atoms with Gasteiger partial charge in [0.25, 0.3) is 5.91 Å². The fraction of sp³-hybridized carbons (Fsp3) is 0.395. The molecule has 1 aromatic heterocycles. The van der Waals surface area contributed by atoms with E-state index in [0.717, 1.165) is 35.4 Å². The number of piperidine rings is 1. The molecule has 0 bridgehead atoms. The molecule has 2 aromatic carbocycles. The SMILES string of the molecule is CC(C)(C)c1ccc(Cn2cc(C(=O)NC3=CCC(=O)C(C4=Cc5cc(OCCCN6CCCCC6)ccc5C4)=C3)cn2)cc1. The van der Waals surface area contributed by atoms with E-state index >= 15 is 0 Å². The Bertz CT molecular complexity index is 1650. The van der Waals surface area contributed by atoms with Crippen molar-refractivity contribution in [2.24, 2.45) is 0 Å². The Morgan fingerprint density at radius 1 is 1.02 bits per heavy atom. The van der Waals surface area contributed by atoms with Crippen LogP contribution >= 0.6 is 0 Å². The van der Waals surface area contributed by atoms with Crippen LogP contribution in [0.5, 0.6) is 5.75 Å². The van der Waals surface area contributed by atoms with Gasteiger partial charge in [0.1, 0.15) is 5.75 Å². The highest BCUT2D eigenvalue weighted by Gasteiger charge is 2.24. The molecule has 3 aliphatic rings. The van der Waals surface area contributed by atoms with Crippen molar-refractivity contribution in [2.45, 2.75) is 71.3 Å². The molecule has 234 valence electrons. The Kier molecular flexibility index (Phi) is 9.17. The molecule has 1 saturated heterocycles. The molecule has 1 amide bonds. The van der Waals surface area contributed by atoms with Gasteiger partial charge in [-0.3, -0.25) is 14.3 Å². The van der Waals surface area contributed by atoms with Crippen molar-refractivity contribution in [2.75, 3.05) is 26.2 Å². The monoisotopic (exact) mass is 604 g/mol. The summed E-state index contributed by atoms with van der Waals surface area (Å²) < 4.78 is 7.85. The van der Waals surface area contributed by atoms with E-state index in [-0.39, 0.29) is 23.5 Å². The van der Waals surface area contributed by atoms with Gasteiger partial charge in [-0.05, 0) is 90.2 Å². The van der Waals surface area contributed by atoms with Crippen LogP contribution in [-0.2, 0) is 23.2 Å². The van der Waals surface area contributed by atoms with Crippen molar-refractivity contribution in [3.63, 3.8) is 0 Å². The topological polar surface area (TPSA) is 76.5 Å². The molecule has 3 aromatic rings. The molecular formula is C38H44N4O3. The van der Waals surface area contributed by atoms with Crippen molar-refractivity contribution in [3.8, 4) is 5.75 Å². The highest BCUT2D eigenvalue weighted by molar-refractivity contribution is 6.04. The highest BCUT2D eigenvalue weighted by atomic mass is 16.5. The number of carbonyl (C=O) groups is 2. The number of ketones is 1. The molecule has 0 spiro atoms. The van der Waals surface area contributed by atoms with E-state index in [1.165, 1.54) is 43.5 Å². The van der Waals surface area contributed by atoms with Crippen molar-refractivity contribution in [1.29, 1.82) is 0 Å². The molecule has 1 fully saturated rings. The third-order valence-corrected chi connectivity index (χ3v) is 8.94. The predicted molar refractivity (Wildman–Crippen MR) is 178 cm³/mol. The number of hydrogen-bond acceptors (Lipinski definition) is 5. The fourth-order valence-corrected chi connectivity index (χ4v) is 6.27. The number of likely N-dealkylation sites (tertiary alicyclic amines) is 1. The second-order valence-corrected chi connectivity index (χ2v) is 13.5. The Balaban J connectivity index is 1.05. The van der Waals surface area contributed by atoms with E-state index in [2.05, 4.69) is 78.6 Å². The summed E-state index contributed by atoms with van der Waals surface area (Å²) in [6.07, 6.45) is 15.0. The number of carbonyl (C=O) groups excluding carboxylic acids is 2. The first kappa shape index (κ1) is 30.8. The van der Waals surface area contributed by atoms with Crippen LogP contribution in [0.1, 0.15) is 85.5 Å². The Morgan fingerprint density at radius 2 is 1.82 bits per heavy atom. The maximum Gasteiger partial charge on any atom is 0.258 e. The highest BCUT2D eigenvalue weighted by Crippen LogP contribution is 2.34. The van der Waals surface area contributed by atoms with Gasteiger partial charge in [0.15, 0.2) is 5.78 Å². The molecule has 2 aliphatic carbocycles. The van der Waals surface area contributed by atoms with Gasteiger partial charge >= 0.3 is 0 Å². The largest absolute Gasteiger partial charge is 0.494 e. The summed E-state index contributed by atoms with van der Waals surface area (Å²) in [5.74, 6) is 0.682. The van der Waals surface area contributed by atoms with Crippen LogP contribution in [-0.4, -0.2) is 52.6 Å². The number of hydrogen-bond donors (Lipinski definition) is 1. The second kappa shape index (κ2) is 13.4. The zero-order valence-electron chi connectivity index (χ0n) is 26.8. The number of Topliss-reactive ketones (excluding diaryl/α,β-unsaturated/α-hetero) is 1. The number of aromatic nitrogens is 2. The minimum Gasteiger partial charge on any atom is -0.494 e. The molecule has 1 aliphatic heterocycles. The number of rotatable bonds is 10. The van der Waals surface area contributed by atoms with Gasteiger partial charge in [-0.15, -0.1) is 0 Å². The maximum absolute atomic E-state index is 13.1. The standard InChI is InChI=1S/C38H44N4O3/c1-38(2,3)32-11-8-27(9-12-32)25-42-26-31(24-39-42)37(44)40-33-13-15-36(43)35(23-33)30-20-28-10-14-34(22-29(28)21-30)45-19-7-18-41-16-5-4-6-17-41/h8-14,21-24,26H,4-7,15-20,25H2,1-3H3,(H,40,44). The Hall–Kier alpha value is -4.23. The number of nitrogens with one attached hydrogen (secondary N) is 1. The summed E-state index contributed by atoms with van der Waals surface area (Å²) in [7, 11) is 0. The molecule has 0 radical (unpaired) electrons. The summed E-state index contributed by atoms with van der Waals surface area (Å²) in [6.45, 7) is 11.4. The summed E-state index contributed by atoms with van der Waals surface area (Å²) in [5, 5.41) is 7.39. The van der Waals surface area contributed by atoms with Gasteiger partial charge in [-0.1, -0.05) is 69.7 Å². The first-order chi connectivity index (χ1) is 21.7. The number of ether oxygens (including phenoxy) is 1. The minimum absolute atomic E-state index is 0.0616. The molecule has 6 rings (SSSR count). The lowest BCUT2D eigenvalue weighted by Crippen LogP contribution is -2.31. The molecule has 0 saturated carbocycles. The van der Waals surface area contributed by atoms with E-state index < -0.39 is 0 Å². The van der Waals surface area contributed by atoms with Crippen LogP contribution in [0.2, 0.25) is 0 Å². The number of amides is 1. The normalized spacial score (nSPS) is 17.0. The van der Waals surface area contributed by atoms with Crippen molar-refractivity contribution < 1.29 is 14.3 Å². The lowest BCUT2D eigenvalue weighted by atomic mass is 9.87. The average Bonchev–Trinajstić information content (AvgIpc) is 3.68. The fourth-order valence-electron chi connectivity index (χ4n) is 6.27. The van der Waals surface area contributed by atoms with Gasteiger partial charge < -0.3 is 15.0 Å². The van der Waals surface area contributed by atoms with Crippen LogP contribution in [0.25, 0.3) is 6.08 Å². The van der Waals surface area contributed by atoms with Crippen molar-refractivity contribution >= 4 is 17.8 Å². The third kappa shape index (κ3) is 7.71. The summed E-state index contributed by atoms with van der Waals surface area (Å²) >= 11 is 0. The molecule has 7 nitrogen and oxygen atoms in total. The lowest BCUT2D eigenvalue weighted by Gasteiger charge is -2.26. The predicted octanol–water partition coefficient (Wildman–Crippen LogP) is 6.64. The van der Waals surface area contributed by atoms with Gasteiger partial charge in [0, 0.05) is 30.4 Å². The van der Waals surface area contributed by atoms with Gasteiger partial charge in [-0.2, -0.15) is 5.10 Å². The second-order valence-electron chi connectivity index (χ2n) is 13.5. The van der Waals surface area contributed by atoms with Crippen LogP contribution < -0.4 is 10.1 Å². The van der Waals surface area contributed by atoms with Gasteiger partial charge in [0.05, 0.1) is 24.9 Å². The molecule has 0 atom stereocenters. The quantitative estimate of drug-likeness (QED) is 0.263. The summed E-state index contributed by atoms with van der Waals surface area (Å²) in [6, 6.07) is 14.7. The number of allylic oxidation sites excluding steroid dienone is 4. The van der Waals surface area contributed by atoms with E-state index in [0.29, 0.717) is 36.4 Å². The van der Waals surface area contributed by atoms with Crippen molar-refractivity contribution in [3.05, 3.63) is 112 Å². The van der Waals surface area contributed by atoms with E-state index in [9.17, 15) is 9.59 Å². The van der Waals surface area contributed by atoms with Crippen LogP contribution in [0.15, 0.2) is 83.9 Å². The summed E-state index contributed by atoms with van der Waals surface area (Å²) in [5.41, 5.74) is 7.52. The Morgan fingerprint density at radius 3 is 2.60 bits per heavy atom. The van der Waals surface area contributed by atoms with Crippen molar-refractivity contribution in [1.82, 2.24) is 20.0 Å². The van der Waals surface area contributed by atoms with Crippen LogP contribution in [0.3, 0.4) is 0 Å². The molecular weight excluding hydrogens is 560 g/mol. The smallest absolute Gasteiger partial charge is 0.258 e. The minimum atomic E-state index is -0.244. The third-order valence-electron chi connectivity index (χ3n) is 8.94. The maximum atomic E-state index is 13.1. The van der Waals surface area contributed by atoms with Crippen LogP contribution in [0, 0.1) is 0 Å². The molecule has 7 heteroatoms. The zero-order chi connectivity index (χ0) is 31.4. The number of fused-ring (bicyclic) bond motifs is 1. The first-order valence-electron chi connectivity index (χ1n) is 16.3. The van der Waals surface area contributed by atoms with E-state index in [4.69, 9.17) is 4.74 Å². The molecule has 2 heterocycles. The van der Waals surface area contributed by atoms with Crippen LogP contribution in [0.4, 0.5) is 0 Å². The summed E-state index contributed by atoms with van der Waals surface area (Å²) in [4.78, 5) is 28.6. The lowest BCUT2D eigenvalue weighted by molar-refractivity contribution is -0.114. The average molecular weight is 605 g/mol. The molecule has 0 unspecified atom stereocenters. The van der Waals surface area contributed by atoms with E-state index in [1.807, 2.05) is 6.07 Å². The molecule has 45 heavy (non-hydrogen) atoms. The number of benzene rings is 2.